The number of alkyl carbamates (subject to hydrolysis) is 1. The molecule has 0 fully saturated rings. The van der Waals surface area contributed by atoms with E-state index in [9.17, 15) is 36.3 Å². The van der Waals surface area contributed by atoms with Gasteiger partial charge in [0.05, 0.1) is 0 Å². The highest BCUT2D eigenvalue weighted by atomic mass is 32.2. The van der Waals surface area contributed by atoms with Crippen LogP contribution in [0.2, 0.25) is 0 Å². The van der Waals surface area contributed by atoms with Crippen molar-refractivity contribution in [3.05, 3.63) is 89.0 Å². The summed E-state index contributed by atoms with van der Waals surface area (Å²) in [4.78, 5) is 24.4. The van der Waals surface area contributed by atoms with Crippen LogP contribution in [0, 0.1) is 0 Å². The van der Waals surface area contributed by atoms with E-state index in [0.29, 0.717) is 12.0 Å². The van der Waals surface area contributed by atoms with Gasteiger partial charge in [0.2, 0.25) is 0 Å². The lowest BCUT2D eigenvalue weighted by Crippen LogP contribution is -2.44. The molecule has 3 aromatic rings. The molecule has 38 heavy (non-hydrogen) atoms. The zero-order valence-electron chi connectivity index (χ0n) is 19.9. The van der Waals surface area contributed by atoms with Crippen LogP contribution in [-0.2, 0) is 32.7 Å². The van der Waals surface area contributed by atoms with Crippen molar-refractivity contribution in [3.63, 3.8) is 0 Å². The third-order valence-corrected chi connectivity index (χ3v) is 7.22. The van der Waals surface area contributed by atoms with E-state index in [0.717, 1.165) is 39.9 Å². The highest BCUT2D eigenvalue weighted by Crippen LogP contribution is 2.38. The summed E-state index contributed by atoms with van der Waals surface area (Å²) >= 11 is 0. The fourth-order valence-corrected chi connectivity index (χ4v) is 4.72. The molecule has 2 unspecified atom stereocenters. The van der Waals surface area contributed by atoms with Crippen LogP contribution in [-0.4, -0.2) is 37.1 Å². The summed E-state index contributed by atoms with van der Waals surface area (Å²) in [5.74, 6) is -2.83. The smallest absolute Gasteiger partial charge is 0.480 e. The summed E-state index contributed by atoms with van der Waals surface area (Å²) in [5, 5.41) is 12.0. The molecule has 0 spiro atoms. The summed E-state index contributed by atoms with van der Waals surface area (Å²) in [6.45, 7) is 1.39. The van der Waals surface area contributed by atoms with Gasteiger partial charge < -0.3 is 19.3 Å². The Bertz CT molecular complexity index is 1470. The van der Waals surface area contributed by atoms with Crippen molar-refractivity contribution < 1.29 is 45.2 Å². The average molecular weight is 550 g/mol. The van der Waals surface area contributed by atoms with Gasteiger partial charge in [-0.3, -0.25) is 0 Å². The molecule has 2 N–H and O–H groups in total. The van der Waals surface area contributed by atoms with Crippen LogP contribution in [0.15, 0.2) is 66.7 Å². The van der Waals surface area contributed by atoms with Crippen molar-refractivity contribution in [2.75, 3.05) is 0 Å². The van der Waals surface area contributed by atoms with E-state index in [1.54, 1.807) is 0 Å². The molecular weight excluding hydrogens is 527 g/mol. The second-order valence-electron chi connectivity index (χ2n) is 8.65. The molecule has 4 rings (SSSR count). The predicted octanol–water partition coefficient (Wildman–Crippen LogP) is 4.97. The van der Waals surface area contributed by atoms with Crippen molar-refractivity contribution in [2.45, 2.75) is 37.4 Å². The van der Waals surface area contributed by atoms with Crippen LogP contribution in [0.3, 0.4) is 0 Å². The monoisotopic (exact) mass is 549 g/mol. The molecule has 0 saturated heterocycles. The predicted molar refractivity (Wildman–Crippen MR) is 130 cm³/mol. The SMILES string of the molecule is CC(c1ccc(OS(=O)(=O)C(F)(F)F)cc1)C(NC(=O)OCc1cccc2c1Cc1ccccc1-2)C(=O)O. The maximum atomic E-state index is 12.5. The first-order valence-electron chi connectivity index (χ1n) is 11.3. The lowest BCUT2D eigenvalue weighted by atomic mass is 9.93. The van der Waals surface area contributed by atoms with Gasteiger partial charge in [0.15, 0.2) is 0 Å². The molecule has 1 aliphatic rings. The molecule has 8 nitrogen and oxygen atoms in total. The van der Waals surface area contributed by atoms with Gasteiger partial charge in [0.25, 0.3) is 0 Å². The number of aliphatic carboxylic acids is 1. The number of rotatable bonds is 8. The number of fused-ring (bicyclic) bond motifs is 3. The van der Waals surface area contributed by atoms with Crippen LogP contribution < -0.4 is 9.50 Å². The van der Waals surface area contributed by atoms with Gasteiger partial charge in [0.1, 0.15) is 18.4 Å². The maximum absolute atomic E-state index is 12.5. The molecule has 12 heteroatoms. The van der Waals surface area contributed by atoms with Crippen molar-refractivity contribution >= 4 is 22.2 Å². The second-order valence-corrected chi connectivity index (χ2v) is 10.2. The molecule has 0 aromatic heterocycles. The zero-order valence-corrected chi connectivity index (χ0v) is 20.7. The largest absolute Gasteiger partial charge is 0.534 e. The molecular formula is C26H22F3NO7S. The van der Waals surface area contributed by atoms with E-state index in [1.165, 1.54) is 19.1 Å². The van der Waals surface area contributed by atoms with Crippen LogP contribution in [0.25, 0.3) is 11.1 Å². The summed E-state index contributed by atoms with van der Waals surface area (Å²) in [6.07, 6.45) is -0.278. The quantitative estimate of drug-likeness (QED) is 0.235. The van der Waals surface area contributed by atoms with Crippen LogP contribution in [0.1, 0.15) is 35.1 Å². The molecule has 1 amide bonds. The number of hydrogen-bond donors (Lipinski definition) is 2. The Labute approximate surface area is 216 Å². The second kappa shape index (κ2) is 10.4. The van der Waals surface area contributed by atoms with E-state index >= 15 is 0 Å². The third kappa shape index (κ3) is 5.59. The first kappa shape index (κ1) is 27.0. The van der Waals surface area contributed by atoms with E-state index in [2.05, 4.69) is 9.50 Å². The number of alkyl halides is 3. The number of benzene rings is 3. The fourth-order valence-electron chi connectivity index (χ4n) is 4.26. The highest BCUT2D eigenvalue weighted by Gasteiger charge is 2.48. The Morgan fingerprint density at radius 3 is 2.32 bits per heavy atom. The Hall–Kier alpha value is -4.06. The number of carboxylic acid groups (broad SMARTS) is 1. The number of carbonyl (C=O) groups excluding carboxylic acids is 1. The summed E-state index contributed by atoms with van der Waals surface area (Å²) in [6, 6.07) is 16.5. The summed E-state index contributed by atoms with van der Waals surface area (Å²) < 4.78 is 69.2. The van der Waals surface area contributed by atoms with Gasteiger partial charge in [-0.2, -0.15) is 21.6 Å². The highest BCUT2D eigenvalue weighted by molar-refractivity contribution is 7.88. The number of amides is 1. The minimum atomic E-state index is -5.85. The van der Waals surface area contributed by atoms with Gasteiger partial charge >= 0.3 is 27.7 Å². The summed E-state index contributed by atoms with van der Waals surface area (Å²) in [7, 11) is -5.85. The van der Waals surface area contributed by atoms with Crippen LogP contribution in [0.5, 0.6) is 5.75 Å². The third-order valence-electron chi connectivity index (χ3n) is 6.24. The molecule has 2 atom stereocenters. The van der Waals surface area contributed by atoms with Gasteiger partial charge in [-0.05, 0) is 51.9 Å². The number of carbonyl (C=O) groups is 2. The zero-order chi connectivity index (χ0) is 27.7. The van der Waals surface area contributed by atoms with Crippen molar-refractivity contribution in [3.8, 4) is 16.9 Å². The molecule has 200 valence electrons. The standard InChI is InChI=1S/C26H22F3NO7S/c1-15(16-9-11-19(12-10-16)37-38(34,35)26(27,28)29)23(24(31)32)30-25(33)36-14-18-6-4-8-21-20-7-3-2-5-17(20)13-22(18)21/h2-12,15,23H,13-14H2,1H3,(H,30,33)(H,31,32). The van der Waals surface area contributed by atoms with E-state index < -0.39 is 45.4 Å². The number of halogens is 3. The molecule has 3 aromatic carbocycles. The molecule has 0 aliphatic heterocycles. The topological polar surface area (TPSA) is 119 Å². The minimum absolute atomic E-state index is 0.0799. The van der Waals surface area contributed by atoms with Crippen molar-refractivity contribution in [2.24, 2.45) is 0 Å². The molecule has 0 radical (unpaired) electrons. The lowest BCUT2D eigenvalue weighted by Gasteiger charge is -2.22. The van der Waals surface area contributed by atoms with Crippen LogP contribution in [0.4, 0.5) is 18.0 Å². The molecule has 1 aliphatic carbocycles. The van der Waals surface area contributed by atoms with Gasteiger partial charge in [-0.25, -0.2) is 9.59 Å². The van der Waals surface area contributed by atoms with Gasteiger partial charge in [0, 0.05) is 5.92 Å². The first-order chi connectivity index (χ1) is 17.9. The van der Waals surface area contributed by atoms with Gasteiger partial charge in [-0.1, -0.05) is 61.5 Å². The molecule has 0 heterocycles. The average Bonchev–Trinajstić information content (AvgIpc) is 3.24. The van der Waals surface area contributed by atoms with E-state index in [4.69, 9.17) is 4.74 Å². The maximum Gasteiger partial charge on any atom is 0.534 e. The first-order valence-corrected chi connectivity index (χ1v) is 12.7. The van der Waals surface area contributed by atoms with E-state index in [-0.39, 0.29) is 6.61 Å². The van der Waals surface area contributed by atoms with Gasteiger partial charge in [-0.15, -0.1) is 0 Å². The molecule has 0 bridgehead atoms. The number of hydrogen-bond acceptors (Lipinski definition) is 6. The lowest BCUT2D eigenvalue weighted by molar-refractivity contribution is -0.139. The normalized spacial score (nSPS) is 14.1. The molecule has 0 saturated carbocycles. The van der Waals surface area contributed by atoms with Crippen LogP contribution >= 0.6 is 0 Å². The Morgan fingerprint density at radius 1 is 1.00 bits per heavy atom. The number of nitrogens with one attached hydrogen (secondary N) is 1. The van der Waals surface area contributed by atoms with E-state index in [1.807, 2.05) is 42.5 Å². The number of carboxylic acids is 1. The van der Waals surface area contributed by atoms with Crippen molar-refractivity contribution in [1.29, 1.82) is 0 Å². The Kier molecular flexibility index (Phi) is 7.36. The fraction of sp³-hybridized carbons (Fsp3) is 0.231. The summed E-state index contributed by atoms with van der Waals surface area (Å²) in [5.41, 5.74) is -0.158. The van der Waals surface area contributed by atoms with Crippen molar-refractivity contribution in [1.82, 2.24) is 5.32 Å². The Balaban J connectivity index is 1.40. The Morgan fingerprint density at radius 2 is 1.66 bits per heavy atom. The minimum Gasteiger partial charge on any atom is -0.480 e. The number of ether oxygens (including phenoxy) is 1.